The molecule has 0 saturated heterocycles. The van der Waals surface area contributed by atoms with Gasteiger partial charge in [0.2, 0.25) is 0 Å². The van der Waals surface area contributed by atoms with Gasteiger partial charge in [-0.25, -0.2) is 14.4 Å². The summed E-state index contributed by atoms with van der Waals surface area (Å²) in [6.45, 7) is 0. The second kappa shape index (κ2) is 9.77. The summed E-state index contributed by atoms with van der Waals surface area (Å²) in [4.78, 5) is 25.2. The standard InChI is InChI=1S/C23H18FNO6/c1-30-18-10-11-19(21(26)12-9-15-5-2-3-8-20(15)24)22(14-18)31-23(27)16-6-4-7-17(13-16)25(28)29/h2-14,25,28H,1H3. The Bertz CT molecular complexity index is 1140. The number of allylic oxidation sites excluding steroid dienone is 1. The summed E-state index contributed by atoms with van der Waals surface area (Å²) < 4.78 is 24.3. The van der Waals surface area contributed by atoms with E-state index in [-0.39, 0.29) is 28.1 Å². The van der Waals surface area contributed by atoms with Gasteiger partial charge in [-0.05, 0) is 36.4 Å². The lowest BCUT2D eigenvalue weighted by atomic mass is 10.1. The normalized spacial score (nSPS) is 11.9. The van der Waals surface area contributed by atoms with Crippen LogP contribution in [0.15, 0.2) is 72.8 Å². The molecule has 0 saturated carbocycles. The van der Waals surface area contributed by atoms with Crippen LogP contribution in [0.4, 0.5) is 10.1 Å². The van der Waals surface area contributed by atoms with E-state index in [9.17, 15) is 19.2 Å². The number of rotatable bonds is 7. The summed E-state index contributed by atoms with van der Waals surface area (Å²) in [5.41, 5.74) is 0.205. The molecule has 0 fully saturated rings. The van der Waals surface area contributed by atoms with Crippen LogP contribution in [0.5, 0.6) is 11.5 Å². The van der Waals surface area contributed by atoms with Crippen molar-refractivity contribution in [2.24, 2.45) is 0 Å². The molecule has 3 rings (SSSR count). The Morgan fingerprint density at radius 1 is 1.06 bits per heavy atom. The quantitative estimate of drug-likeness (QED) is 0.199. The molecule has 0 aliphatic heterocycles. The van der Waals surface area contributed by atoms with Crippen LogP contribution in [0.3, 0.4) is 0 Å². The van der Waals surface area contributed by atoms with Gasteiger partial charge in [0.15, 0.2) is 11.5 Å². The number of nitrogens with one attached hydrogen (secondary N) is 1. The van der Waals surface area contributed by atoms with Crippen molar-refractivity contribution in [2.45, 2.75) is 0 Å². The number of carbonyl (C=O) groups excluding carboxylic acids is 2. The summed E-state index contributed by atoms with van der Waals surface area (Å²) in [7, 11) is 1.41. The van der Waals surface area contributed by atoms with E-state index in [4.69, 9.17) is 14.7 Å². The molecular formula is C23H18FNO6. The van der Waals surface area contributed by atoms with Crippen molar-refractivity contribution in [1.82, 2.24) is 0 Å². The molecule has 0 radical (unpaired) electrons. The van der Waals surface area contributed by atoms with Gasteiger partial charge in [-0.3, -0.25) is 4.79 Å². The Hall–Kier alpha value is -3.85. The number of esters is 1. The molecule has 0 aliphatic rings. The van der Waals surface area contributed by atoms with Crippen molar-refractivity contribution in [3.05, 3.63) is 101 Å². The minimum atomic E-state index is -1.19. The van der Waals surface area contributed by atoms with E-state index < -0.39 is 22.8 Å². The van der Waals surface area contributed by atoms with E-state index in [1.54, 1.807) is 6.07 Å². The largest absolute Gasteiger partial charge is 0.595 e. The smallest absolute Gasteiger partial charge is 0.343 e. The lowest BCUT2D eigenvalue weighted by molar-refractivity contribution is -0.991. The topological polar surface area (TPSA) is 100 Å². The minimum Gasteiger partial charge on any atom is -0.595 e. The summed E-state index contributed by atoms with van der Waals surface area (Å²) >= 11 is 0. The SMILES string of the molecule is COc1ccc(C(=O)C=Cc2ccccc2F)c(OC(=O)c2cccc([NH+]([O-])O)c2)c1. The number of hydrogen-bond donors (Lipinski definition) is 2. The molecule has 0 amide bonds. The summed E-state index contributed by atoms with van der Waals surface area (Å²) in [5.74, 6) is -1.58. The van der Waals surface area contributed by atoms with E-state index in [1.165, 1.54) is 79.9 Å². The zero-order chi connectivity index (χ0) is 22.4. The number of quaternary nitrogens is 1. The third-order valence-corrected chi connectivity index (χ3v) is 4.32. The van der Waals surface area contributed by atoms with E-state index >= 15 is 0 Å². The number of methoxy groups -OCH3 is 1. The number of ether oxygens (including phenoxy) is 2. The highest BCUT2D eigenvalue weighted by atomic mass is 19.1. The Morgan fingerprint density at radius 3 is 2.55 bits per heavy atom. The first-order valence-corrected chi connectivity index (χ1v) is 9.09. The molecule has 2 N–H and O–H groups in total. The zero-order valence-electron chi connectivity index (χ0n) is 16.4. The number of halogens is 1. The fraction of sp³-hybridized carbons (Fsp3) is 0.0435. The predicted octanol–water partition coefficient (Wildman–Crippen LogP) is 3.35. The number of benzene rings is 3. The fourth-order valence-electron chi connectivity index (χ4n) is 2.72. The Morgan fingerprint density at radius 2 is 1.84 bits per heavy atom. The fourth-order valence-corrected chi connectivity index (χ4v) is 2.72. The molecule has 0 heterocycles. The third kappa shape index (κ3) is 5.40. The van der Waals surface area contributed by atoms with Crippen LogP contribution >= 0.6 is 0 Å². The van der Waals surface area contributed by atoms with Gasteiger partial charge in [0.25, 0.3) is 0 Å². The second-order valence-electron chi connectivity index (χ2n) is 6.36. The molecule has 0 aromatic heterocycles. The first kappa shape index (κ1) is 21.8. The predicted molar refractivity (Wildman–Crippen MR) is 110 cm³/mol. The van der Waals surface area contributed by atoms with Gasteiger partial charge in [-0.1, -0.05) is 24.3 Å². The lowest BCUT2D eigenvalue weighted by Crippen LogP contribution is -2.99. The molecule has 1 atom stereocenters. The first-order chi connectivity index (χ1) is 14.9. The number of carbonyl (C=O) groups is 2. The number of hydrogen-bond acceptors (Lipinski definition) is 6. The number of ketones is 1. The molecule has 31 heavy (non-hydrogen) atoms. The Kier molecular flexibility index (Phi) is 6.88. The molecule has 3 aromatic carbocycles. The van der Waals surface area contributed by atoms with Crippen molar-refractivity contribution in [2.75, 3.05) is 7.11 Å². The first-order valence-electron chi connectivity index (χ1n) is 9.09. The van der Waals surface area contributed by atoms with Gasteiger partial charge in [0, 0.05) is 23.8 Å². The van der Waals surface area contributed by atoms with Gasteiger partial charge in [0.05, 0.1) is 18.2 Å². The van der Waals surface area contributed by atoms with Crippen molar-refractivity contribution < 1.29 is 33.9 Å². The van der Waals surface area contributed by atoms with Crippen molar-refractivity contribution in [3.8, 4) is 11.5 Å². The van der Waals surface area contributed by atoms with E-state index in [0.717, 1.165) is 0 Å². The average Bonchev–Trinajstić information content (AvgIpc) is 2.78. The molecule has 158 valence electrons. The second-order valence-corrected chi connectivity index (χ2v) is 6.36. The van der Waals surface area contributed by atoms with Gasteiger partial charge in [-0.2, -0.15) is 5.23 Å². The maximum Gasteiger partial charge on any atom is 0.343 e. The van der Waals surface area contributed by atoms with Crippen LogP contribution < -0.4 is 14.7 Å². The summed E-state index contributed by atoms with van der Waals surface area (Å²) in [6, 6.07) is 15.6. The summed E-state index contributed by atoms with van der Waals surface area (Å²) in [6.07, 6.45) is 2.49. The van der Waals surface area contributed by atoms with Crippen LogP contribution in [0, 0.1) is 11.0 Å². The van der Waals surface area contributed by atoms with Gasteiger partial charge < -0.3 is 14.7 Å². The zero-order valence-corrected chi connectivity index (χ0v) is 16.4. The molecular weight excluding hydrogens is 405 g/mol. The van der Waals surface area contributed by atoms with E-state index in [1.807, 2.05) is 0 Å². The minimum absolute atomic E-state index is 0.00279. The molecule has 0 aliphatic carbocycles. The van der Waals surface area contributed by atoms with Gasteiger partial charge >= 0.3 is 5.97 Å². The van der Waals surface area contributed by atoms with E-state index in [2.05, 4.69) is 0 Å². The maximum absolute atomic E-state index is 13.8. The molecule has 1 unspecified atom stereocenters. The van der Waals surface area contributed by atoms with Gasteiger partial charge in [-0.15, -0.1) is 0 Å². The highest BCUT2D eigenvalue weighted by Gasteiger charge is 2.17. The van der Waals surface area contributed by atoms with Crippen molar-refractivity contribution in [1.29, 1.82) is 0 Å². The van der Waals surface area contributed by atoms with Crippen LogP contribution in [-0.2, 0) is 0 Å². The molecule has 8 heteroatoms. The Balaban J connectivity index is 1.89. The highest BCUT2D eigenvalue weighted by molar-refractivity contribution is 6.09. The summed E-state index contributed by atoms with van der Waals surface area (Å²) in [5, 5.41) is 19.0. The average molecular weight is 423 g/mol. The van der Waals surface area contributed by atoms with Crippen LogP contribution in [0.1, 0.15) is 26.3 Å². The van der Waals surface area contributed by atoms with Crippen molar-refractivity contribution >= 4 is 23.5 Å². The van der Waals surface area contributed by atoms with E-state index in [0.29, 0.717) is 5.75 Å². The van der Waals surface area contributed by atoms with Crippen molar-refractivity contribution in [3.63, 3.8) is 0 Å². The van der Waals surface area contributed by atoms with Crippen LogP contribution in [0.25, 0.3) is 6.08 Å². The Labute approximate surface area is 177 Å². The molecule has 7 nitrogen and oxygen atoms in total. The maximum atomic E-state index is 13.8. The molecule has 3 aromatic rings. The third-order valence-electron chi connectivity index (χ3n) is 4.32. The lowest BCUT2D eigenvalue weighted by Gasteiger charge is -2.13. The highest BCUT2D eigenvalue weighted by Crippen LogP contribution is 2.27. The molecule has 0 spiro atoms. The van der Waals surface area contributed by atoms with Crippen LogP contribution in [-0.4, -0.2) is 24.1 Å². The van der Waals surface area contributed by atoms with Gasteiger partial charge in [0.1, 0.15) is 17.3 Å². The molecule has 0 bridgehead atoms. The van der Waals surface area contributed by atoms with Crippen LogP contribution in [0.2, 0.25) is 0 Å². The monoisotopic (exact) mass is 423 g/mol.